The first-order chi connectivity index (χ1) is 12.3. The molecule has 0 aliphatic carbocycles. The van der Waals surface area contributed by atoms with Gasteiger partial charge in [-0.15, -0.1) is 11.8 Å². The average Bonchev–Trinajstić information content (AvgIpc) is 2.86. The predicted octanol–water partition coefficient (Wildman–Crippen LogP) is 4.50. The fraction of sp³-hybridized carbons (Fsp3) is 0.429. The molecular formula is C21H26N2O2S. The molecule has 0 bridgehead atoms. The molecule has 4 nitrogen and oxygen atoms in total. The van der Waals surface area contributed by atoms with Gasteiger partial charge in [-0.05, 0) is 49.1 Å². The number of hydrogen-bond donors (Lipinski definition) is 1. The van der Waals surface area contributed by atoms with Crippen molar-refractivity contribution in [2.24, 2.45) is 0 Å². The van der Waals surface area contributed by atoms with Gasteiger partial charge in [0.1, 0.15) is 0 Å². The van der Waals surface area contributed by atoms with Crippen LogP contribution >= 0.6 is 11.8 Å². The summed E-state index contributed by atoms with van der Waals surface area (Å²) in [5, 5.41) is 5.03. The number of amides is 2. The highest BCUT2D eigenvalue weighted by Crippen LogP contribution is 2.47. The number of rotatable bonds is 5. The molecule has 0 unspecified atom stereocenters. The number of ketones is 1. The second kappa shape index (κ2) is 7.31. The van der Waals surface area contributed by atoms with Gasteiger partial charge >= 0.3 is 6.03 Å². The molecule has 5 heteroatoms. The van der Waals surface area contributed by atoms with Gasteiger partial charge in [-0.25, -0.2) is 4.79 Å². The van der Waals surface area contributed by atoms with Crippen molar-refractivity contribution >= 4 is 34.3 Å². The zero-order valence-electron chi connectivity index (χ0n) is 15.9. The first-order valence-electron chi connectivity index (χ1n) is 9.12. The number of hydrogen-bond acceptors (Lipinski definition) is 3. The Hall–Kier alpha value is -2.01. The predicted molar refractivity (Wildman–Crippen MR) is 108 cm³/mol. The molecule has 0 atom stereocenters. The first kappa shape index (κ1) is 18.8. The molecule has 1 aliphatic heterocycles. The van der Waals surface area contributed by atoms with Crippen molar-refractivity contribution in [2.45, 2.75) is 43.3 Å². The quantitative estimate of drug-likeness (QED) is 0.843. The van der Waals surface area contributed by atoms with E-state index < -0.39 is 4.75 Å². The fourth-order valence-corrected chi connectivity index (χ4v) is 4.51. The van der Waals surface area contributed by atoms with Crippen LogP contribution in [-0.4, -0.2) is 41.6 Å². The van der Waals surface area contributed by atoms with Crippen LogP contribution in [0.1, 0.15) is 43.1 Å². The van der Waals surface area contributed by atoms with Crippen molar-refractivity contribution in [3.05, 3.63) is 41.5 Å². The van der Waals surface area contributed by atoms with Crippen molar-refractivity contribution in [1.29, 1.82) is 0 Å². The van der Waals surface area contributed by atoms with Crippen LogP contribution in [-0.2, 0) is 6.42 Å². The zero-order chi connectivity index (χ0) is 18.9. The average molecular weight is 371 g/mol. The van der Waals surface area contributed by atoms with Crippen molar-refractivity contribution < 1.29 is 9.59 Å². The number of fused-ring (bicyclic) bond motifs is 3. The number of carbonyl (C=O) groups is 2. The van der Waals surface area contributed by atoms with Crippen LogP contribution in [0.15, 0.2) is 35.2 Å². The van der Waals surface area contributed by atoms with E-state index in [9.17, 15) is 9.59 Å². The van der Waals surface area contributed by atoms with E-state index >= 15 is 0 Å². The van der Waals surface area contributed by atoms with Crippen LogP contribution in [0.3, 0.4) is 0 Å². The molecule has 138 valence electrons. The van der Waals surface area contributed by atoms with Gasteiger partial charge in [-0.1, -0.05) is 31.2 Å². The second-order valence-electron chi connectivity index (χ2n) is 7.30. The summed E-state index contributed by atoms with van der Waals surface area (Å²) in [6, 6.07) is 10.3. The SMILES string of the molecule is CCCNC(=O)N(C)CCc1cccc2ccc3c(c12)C(=O)C(C)(C)S3. The second-order valence-corrected chi connectivity index (χ2v) is 8.96. The van der Waals surface area contributed by atoms with Crippen molar-refractivity contribution in [1.82, 2.24) is 10.2 Å². The van der Waals surface area contributed by atoms with Crippen LogP contribution in [0.5, 0.6) is 0 Å². The number of urea groups is 1. The molecule has 2 amide bonds. The largest absolute Gasteiger partial charge is 0.338 e. The molecule has 1 heterocycles. The minimum Gasteiger partial charge on any atom is -0.338 e. The first-order valence-corrected chi connectivity index (χ1v) is 9.94. The Morgan fingerprint density at radius 1 is 1.23 bits per heavy atom. The molecule has 2 aromatic rings. The van der Waals surface area contributed by atoms with E-state index in [2.05, 4.69) is 29.6 Å². The van der Waals surface area contributed by atoms with Gasteiger partial charge in [0.05, 0.1) is 4.75 Å². The lowest BCUT2D eigenvalue weighted by atomic mass is 9.91. The minimum atomic E-state index is -0.416. The van der Waals surface area contributed by atoms with Crippen LogP contribution in [0.25, 0.3) is 10.8 Å². The molecule has 0 spiro atoms. The standard InChI is InChI=1S/C21H26N2O2S/c1-5-12-22-20(25)23(4)13-11-15-8-6-7-14-9-10-16-18(17(14)15)19(24)21(2,3)26-16/h6-10H,5,11-13H2,1-4H3,(H,22,25). The molecule has 1 aliphatic rings. The number of nitrogens with one attached hydrogen (secondary N) is 1. The number of benzene rings is 2. The molecule has 0 saturated carbocycles. The number of nitrogens with zero attached hydrogens (tertiary/aromatic N) is 1. The third-order valence-electron chi connectivity index (χ3n) is 4.82. The molecular weight excluding hydrogens is 344 g/mol. The summed E-state index contributed by atoms with van der Waals surface area (Å²) in [5.41, 5.74) is 1.98. The maximum absolute atomic E-state index is 13.0. The van der Waals surface area contributed by atoms with Gasteiger partial charge in [-0.3, -0.25) is 4.79 Å². The van der Waals surface area contributed by atoms with Gasteiger partial charge in [0.25, 0.3) is 0 Å². The Bertz CT molecular complexity index is 860. The molecule has 0 aromatic heterocycles. The number of carbonyl (C=O) groups excluding carboxylic acids is 2. The smallest absolute Gasteiger partial charge is 0.317 e. The molecule has 0 saturated heterocycles. The van der Waals surface area contributed by atoms with E-state index in [1.54, 1.807) is 16.7 Å². The summed E-state index contributed by atoms with van der Waals surface area (Å²) < 4.78 is -0.416. The third kappa shape index (κ3) is 3.45. The lowest BCUT2D eigenvalue weighted by Gasteiger charge is -2.19. The van der Waals surface area contributed by atoms with E-state index in [1.807, 2.05) is 33.9 Å². The third-order valence-corrected chi connectivity index (χ3v) is 6.08. The highest BCUT2D eigenvalue weighted by molar-refractivity contribution is 8.02. The summed E-state index contributed by atoms with van der Waals surface area (Å²) in [6.45, 7) is 7.31. The fourth-order valence-electron chi connectivity index (χ4n) is 3.33. The highest BCUT2D eigenvalue weighted by Gasteiger charge is 2.39. The number of thioether (sulfide) groups is 1. The maximum atomic E-state index is 13.0. The summed E-state index contributed by atoms with van der Waals surface area (Å²) in [7, 11) is 1.81. The summed E-state index contributed by atoms with van der Waals surface area (Å²) in [6.07, 6.45) is 1.65. The maximum Gasteiger partial charge on any atom is 0.317 e. The Morgan fingerprint density at radius 3 is 2.73 bits per heavy atom. The monoisotopic (exact) mass is 370 g/mol. The van der Waals surface area contributed by atoms with Crippen LogP contribution in [0.4, 0.5) is 4.79 Å². The molecule has 2 aromatic carbocycles. The highest BCUT2D eigenvalue weighted by atomic mass is 32.2. The van der Waals surface area contributed by atoms with E-state index in [0.717, 1.165) is 39.6 Å². The minimum absolute atomic E-state index is 0.0509. The molecule has 3 rings (SSSR count). The van der Waals surface area contributed by atoms with Crippen LogP contribution < -0.4 is 5.32 Å². The van der Waals surface area contributed by atoms with E-state index in [1.165, 1.54) is 0 Å². The Balaban J connectivity index is 1.90. The Labute approximate surface area is 159 Å². The lowest BCUT2D eigenvalue weighted by Crippen LogP contribution is -2.38. The van der Waals surface area contributed by atoms with Crippen molar-refractivity contribution in [2.75, 3.05) is 20.1 Å². The number of Topliss-reactive ketones (excluding diaryl/α,β-unsaturated/α-hetero) is 1. The Morgan fingerprint density at radius 2 is 2.00 bits per heavy atom. The summed E-state index contributed by atoms with van der Waals surface area (Å²) >= 11 is 1.64. The molecule has 0 fully saturated rings. The molecule has 0 radical (unpaired) electrons. The topological polar surface area (TPSA) is 49.4 Å². The summed E-state index contributed by atoms with van der Waals surface area (Å²) in [5.74, 6) is 0.199. The molecule has 26 heavy (non-hydrogen) atoms. The zero-order valence-corrected chi connectivity index (χ0v) is 16.7. The van der Waals surface area contributed by atoms with Crippen LogP contribution in [0, 0.1) is 0 Å². The van der Waals surface area contributed by atoms with E-state index in [4.69, 9.17) is 0 Å². The lowest BCUT2D eigenvalue weighted by molar-refractivity contribution is 0.0963. The number of likely N-dealkylation sites (N-methyl/N-ethyl adjacent to an activating group) is 1. The van der Waals surface area contributed by atoms with Gasteiger partial charge in [0, 0.05) is 30.6 Å². The van der Waals surface area contributed by atoms with Crippen molar-refractivity contribution in [3.63, 3.8) is 0 Å². The van der Waals surface area contributed by atoms with Gasteiger partial charge < -0.3 is 10.2 Å². The van der Waals surface area contributed by atoms with Gasteiger partial charge in [0.2, 0.25) is 0 Å². The summed E-state index contributed by atoms with van der Waals surface area (Å²) in [4.78, 5) is 27.8. The van der Waals surface area contributed by atoms with Gasteiger partial charge in [-0.2, -0.15) is 0 Å². The van der Waals surface area contributed by atoms with E-state index in [-0.39, 0.29) is 11.8 Å². The van der Waals surface area contributed by atoms with E-state index in [0.29, 0.717) is 13.1 Å². The van der Waals surface area contributed by atoms with Gasteiger partial charge in [0.15, 0.2) is 5.78 Å². The van der Waals surface area contributed by atoms with Crippen molar-refractivity contribution in [3.8, 4) is 0 Å². The van der Waals surface area contributed by atoms with Crippen LogP contribution in [0.2, 0.25) is 0 Å². The molecule has 1 N–H and O–H groups in total. The Kier molecular flexibility index (Phi) is 5.28. The normalized spacial score (nSPS) is 15.2.